The normalized spacial score (nSPS) is 11.8. The molecule has 0 spiro atoms. The van der Waals surface area contributed by atoms with Gasteiger partial charge in [-0.2, -0.15) is 0 Å². The molecule has 0 rings (SSSR count). The van der Waals surface area contributed by atoms with Crippen LogP contribution in [-0.2, 0) is 4.79 Å². The third-order valence-electron chi connectivity index (χ3n) is 1.46. The fraction of sp³-hybridized carbons (Fsp3) is 0.667. The Morgan fingerprint density at radius 1 is 1.54 bits per heavy atom. The fourth-order valence-electron chi connectivity index (χ4n) is 0.578. The van der Waals surface area contributed by atoms with E-state index in [0.29, 0.717) is 6.54 Å². The first-order chi connectivity index (χ1) is 6.07. The van der Waals surface area contributed by atoms with E-state index in [1.807, 2.05) is 13.8 Å². The van der Waals surface area contributed by atoms with E-state index < -0.39 is 6.23 Å². The van der Waals surface area contributed by atoms with Gasteiger partial charge in [-0.05, 0) is 11.8 Å². The highest BCUT2D eigenvalue weighted by atomic mass is 16.3. The van der Waals surface area contributed by atoms with Crippen molar-refractivity contribution in [2.75, 3.05) is 13.6 Å². The molecule has 0 fully saturated rings. The standard InChI is InChI=1S/C9H16N2O2/c1-7(2)9(13)11-6-4-5-8(12)10-3/h7,9,11,13H,6H2,1-3H3,(H,10,12). The first kappa shape index (κ1) is 11.9. The summed E-state index contributed by atoms with van der Waals surface area (Å²) in [6.45, 7) is 4.10. The van der Waals surface area contributed by atoms with Crippen LogP contribution >= 0.6 is 0 Å². The molecular weight excluding hydrogens is 168 g/mol. The van der Waals surface area contributed by atoms with Crippen molar-refractivity contribution in [2.45, 2.75) is 20.1 Å². The summed E-state index contributed by atoms with van der Waals surface area (Å²) in [5.74, 6) is 4.76. The van der Waals surface area contributed by atoms with Crippen molar-refractivity contribution in [3.8, 4) is 11.8 Å². The summed E-state index contributed by atoms with van der Waals surface area (Å²) < 4.78 is 0. The van der Waals surface area contributed by atoms with Crippen molar-refractivity contribution in [3.05, 3.63) is 0 Å². The maximum Gasteiger partial charge on any atom is 0.295 e. The van der Waals surface area contributed by atoms with Crippen LogP contribution in [0.5, 0.6) is 0 Å². The minimum Gasteiger partial charge on any atom is -0.378 e. The number of nitrogens with one attached hydrogen (secondary N) is 2. The van der Waals surface area contributed by atoms with E-state index in [4.69, 9.17) is 0 Å². The molecule has 4 heteroatoms. The first-order valence-corrected chi connectivity index (χ1v) is 4.20. The zero-order chi connectivity index (χ0) is 10.3. The van der Waals surface area contributed by atoms with Gasteiger partial charge in [-0.15, -0.1) is 0 Å². The van der Waals surface area contributed by atoms with Crippen molar-refractivity contribution in [1.29, 1.82) is 0 Å². The van der Waals surface area contributed by atoms with Crippen LogP contribution in [0.1, 0.15) is 13.8 Å². The average molecular weight is 184 g/mol. The second-order valence-corrected chi connectivity index (χ2v) is 2.95. The summed E-state index contributed by atoms with van der Waals surface area (Å²) in [6, 6.07) is 0. The number of carbonyl (C=O) groups excluding carboxylic acids is 1. The molecule has 3 N–H and O–H groups in total. The molecule has 0 heterocycles. The van der Waals surface area contributed by atoms with Crippen LogP contribution in [0.2, 0.25) is 0 Å². The molecule has 0 aliphatic rings. The van der Waals surface area contributed by atoms with E-state index >= 15 is 0 Å². The maximum absolute atomic E-state index is 10.6. The Balaban J connectivity index is 3.64. The minimum absolute atomic E-state index is 0.141. The second kappa shape index (κ2) is 6.46. The van der Waals surface area contributed by atoms with E-state index in [1.165, 1.54) is 7.05 Å². The summed E-state index contributed by atoms with van der Waals surface area (Å²) in [5, 5.41) is 14.4. The number of aliphatic hydroxyl groups is 1. The third kappa shape index (κ3) is 6.14. The van der Waals surface area contributed by atoms with E-state index in [9.17, 15) is 9.90 Å². The van der Waals surface area contributed by atoms with Crippen LogP contribution in [0.4, 0.5) is 0 Å². The van der Waals surface area contributed by atoms with Gasteiger partial charge in [0.15, 0.2) is 0 Å². The highest BCUT2D eigenvalue weighted by Gasteiger charge is 2.05. The highest BCUT2D eigenvalue weighted by Crippen LogP contribution is 1.95. The zero-order valence-electron chi connectivity index (χ0n) is 8.22. The van der Waals surface area contributed by atoms with Crippen LogP contribution in [-0.4, -0.2) is 30.8 Å². The van der Waals surface area contributed by atoms with Crippen molar-refractivity contribution in [1.82, 2.24) is 10.6 Å². The Morgan fingerprint density at radius 2 is 2.15 bits per heavy atom. The zero-order valence-corrected chi connectivity index (χ0v) is 8.22. The molecule has 4 nitrogen and oxygen atoms in total. The Kier molecular flexibility index (Phi) is 5.94. The van der Waals surface area contributed by atoms with E-state index in [2.05, 4.69) is 22.5 Å². The summed E-state index contributed by atoms with van der Waals surface area (Å²) in [6.07, 6.45) is -0.570. The largest absolute Gasteiger partial charge is 0.378 e. The van der Waals surface area contributed by atoms with Crippen molar-refractivity contribution in [2.24, 2.45) is 5.92 Å². The number of hydrogen-bond donors (Lipinski definition) is 3. The molecule has 1 unspecified atom stereocenters. The highest BCUT2D eigenvalue weighted by molar-refractivity contribution is 5.93. The van der Waals surface area contributed by atoms with Crippen molar-refractivity contribution in [3.63, 3.8) is 0 Å². The Labute approximate surface area is 78.7 Å². The topological polar surface area (TPSA) is 61.4 Å². The van der Waals surface area contributed by atoms with Crippen LogP contribution in [0.3, 0.4) is 0 Å². The lowest BCUT2D eigenvalue weighted by molar-refractivity contribution is -0.115. The molecule has 0 aromatic carbocycles. The summed E-state index contributed by atoms with van der Waals surface area (Å²) in [5.41, 5.74) is 0. The van der Waals surface area contributed by atoms with Gasteiger partial charge in [-0.3, -0.25) is 10.1 Å². The molecule has 0 radical (unpaired) electrons. The Morgan fingerprint density at radius 3 is 2.62 bits per heavy atom. The molecule has 0 bridgehead atoms. The Hall–Kier alpha value is -1.05. The van der Waals surface area contributed by atoms with E-state index in [-0.39, 0.29) is 11.8 Å². The number of aliphatic hydroxyl groups excluding tert-OH is 1. The second-order valence-electron chi connectivity index (χ2n) is 2.95. The molecule has 0 aromatic rings. The summed E-state index contributed by atoms with van der Waals surface area (Å²) >= 11 is 0. The van der Waals surface area contributed by atoms with Gasteiger partial charge >= 0.3 is 0 Å². The predicted molar refractivity (Wildman–Crippen MR) is 50.7 cm³/mol. The Bertz CT molecular complexity index is 215. The molecule has 0 aliphatic carbocycles. The van der Waals surface area contributed by atoms with Crippen LogP contribution in [0, 0.1) is 17.8 Å². The lowest BCUT2D eigenvalue weighted by Crippen LogP contribution is -2.33. The quantitative estimate of drug-likeness (QED) is 0.401. The molecule has 1 atom stereocenters. The van der Waals surface area contributed by atoms with Gasteiger partial charge in [0.05, 0.1) is 6.54 Å². The molecule has 1 amide bonds. The smallest absolute Gasteiger partial charge is 0.295 e. The van der Waals surface area contributed by atoms with Gasteiger partial charge in [0, 0.05) is 7.05 Å². The number of rotatable bonds is 3. The van der Waals surface area contributed by atoms with Gasteiger partial charge in [0.25, 0.3) is 5.91 Å². The van der Waals surface area contributed by atoms with Gasteiger partial charge in [0.1, 0.15) is 6.23 Å². The average Bonchev–Trinajstić information content (AvgIpc) is 2.11. The SMILES string of the molecule is CNC(=O)C#CCNC(O)C(C)C. The molecule has 0 saturated heterocycles. The molecule has 74 valence electrons. The number of amides is 1. The van der Waals surface area contributed by atoms with Crippen molar-refractivity contribution >= 4 is 5.91 Å². The summed E-state index contributed by atoms with van der Waals surface area (Å²) in [7, 11) is 1.52. The van der Waals surface area contributed by atoms with E-state index in [1.54, 1.807) is 0 Å². The monoisotopic (exact) mass is 184 g/mol. The van der Waals surface area contributed by atoms with Gasteiger partial charge in [0.2, 0.25) is 0 Å². The third-order valence-corrected chi connectivity index (χ3v) is 1.46. The number of carbonyl (C=O) groups is 1. The van der Waals surface area contributed by atoms with Crippen LogP contribution in [0.25, 0.3) is 0 Å². The minimum atomic E-state index is -0.570. The predicted octanol–water partition coefficient (Wildman–Crippen LogP) is -0.700. The molecule has 0 saturated carbocycles. The molecule has 13 heavy (non-hydrogen) atoms. The fourth-order valence-corrected chi connectivity index (χ4v) is 0.578. The molecule has 0 aromatic heterocycles. The van der Waals surface area contributed by atoms with Crippen LogP contribution in [0.15, 0.2) is 0 Å². The maximum atomic E-state index is 10.6. The van der Waals surface area contributed by atoms with E-state index in [0.717, 1.165) is 0 Å². The van der Waals surface area contributed by atoms with Gasteiger partial charge < -0.3 is 10.4 Å². The lowest BCUT2D eigenvalue weighted by atomic mass is 10.2. The first-order valence-electron chi connectivity index (χ1n) is 4.20. The lowest BCUT2D eigenvalue weighted by Gasteiger charge is -2.13. The molecule has 0 aliphatic heterocycles. The number of hydrogen-bond acceptors (Lipinski definition) is 3. The van der Waals surface area contributed by atoms with Gasteiger partial charge in [-0.1, -0.05) is 19.8 Å². The van der Waals surface area contributed by atoms with Crippen molar-refractivity contribution < 1.29 is 9.90 Å². The van der Waals surface area contributed by atoms with Gasteiger partial charge in [-0.25, -0.2) is 0 Å². The van der Waals surface area contributed by atoms with Crippen LogP contribution < -0.4 is 10.6 Å². The summed E-state index contributed by atoms with van der Waals surface area (Å²) in [4.78, 5) is 10.6. The molecular formula is C9H16N2O2.